The first kappa shape index (κ1) is 26.2. The fourth-order valence-corrected chi connectivity index (χ4v) is 5.35. The van der Waals surface area contributed by atoms with Crippen molar-refractivity contribution in [2.75, 3.05) is 33.2 Å². The van der Waals surface area contributed by atoms with Gasteiger partial charge in [-0.3, -0.25) is 10.2 Å². The molecule has 11 nitrogen and oxygen atoms in total. The van der Waals surface area contributed by atoms with Crippen molar-refractivity contribution in [3.8, 4) is 23.0 Å². The van der Waals surface area contributed by atoms with Crippen LogP contribution in [0.4, 0.5) is 0 Å². The number of methoxy groups -OCH3 is 2. The molecule has 13 heteroatoms. The lowest BCUT2D eigenvalue weighted by Crippen LogP contribution is -2.45. The number of sulfone groups is 1. The Labute approximate surface area is 218 Å². The second-order valence-electron chi connectivity index (χ2n) is 7.60. The molecule has 0 atom stereocenters. The van der Waals surface area contributed by atoms with E-state index in [1.165, 1.54) is 20.1 Å². The number of aliphatic imine (C=N–C) groups is 1. The zero-order valence-corrected chi connectivity index (χ0v) is 21.9. The minimum absolute atomic E-state index is 0.0386. The molecule has 0 unspecified atom stereocenters. The maximum Gasteiger partial charge on any atom is 0.283 e. The first-order chi connectivity index (χ1) is 17.8. The van der Waals surface area contributed by atoms with E-state index in [2.05, 4.69) is 9.39 Å². The lowest BCUT2D eigenvalue weighted by Gasteiger charge is -2.24. The highest BCUT2D eigenvalue weighted by Gasteiger charge is 2.42. The lowest BCUT2D eigenvalue weighted by molar-refractivity contribution is -0.114. The van der Waals surface area contributed by atoms with Gasteiger partial charge in [-0.15, -0.1) is 0 Å². The molecule has 2 heterocycles. The van der Waals surface area contributed by atoms with Gasteiger partial charge in [-0.25, -0.2) is 13.3 Å². The number of ether oxygens (including phenoxy) is 4. The van der Waals surface area contributed by atoms with Crippen molar-refractivity contribution in [2.45, 2.75) is 6.92 Å². The number of hydrogen-bond donors (Lipinski definition) is 1. The summed E-state index contributed by atoms with van der Waals surface area (Å²) in [5, 5.41) is 8.24. The second-order valence-corrected chi connectivity index (χ2v) is 10.5. The van der Waals surface area contributed by atoms with Gasteiger partial charge in [-0.2, -0.15) is 9.39 Å². The number of amides is 1. The number of rotatable bonds is 9. The SMILES string of the molecule is CCS(=O)(=O)C1=NSC2=NC(=O)/C(=C\c3ccc(OCCOc4cccc(OC)c4)c(OC)c3)C(=N)N21. The van der Waals surface area contributed by atoms with Crippen LogP contribution in [0.25, 0.3) is 6.08 Å². The number of amidine groups is 3. The maximum absolute atomic E-state index is 12.6. The van der Waals surface area contributed by atoms with Gasteiger partial charge in [0.15, 0.2) is 11.5 Å². The molecule has 2 aliphatic heterocycles. The van der Waals surface area contributed by atoms with Crippen molar-refractivity contribution < 1.29 is 32.2 Å². The average Bonchev–Trinajstić information content (AvgIpc) is 3.34. The standard InChI is InChI=1S/C24H24N4O7S2/c1-4-37(30,31)24-27-36-23-26-22(29)18(21(25)28(23)24)12-15-8-9-19(20(13-15)33-3)35-11-10-34-17-7-5-6-16(14-17)32-2/h5-9,12-14,25H,4,10-11H2,1-3H3/b18-12-,25-21?. The predicted molar refractivity (Wildman–Crippen MR) is 141 cm³/mol. The van der Waals surface area contributed by atoms with E-state index < -0.39 is 15.7 Å². The van der Waals surface area contributed by atoms with Crippen molar-refractivity contribution >= 4 is 49.9 Å². The highest BCUT2D eigenvalue weighted by atomic mass is 32.2. The Morgan fingerprint density at radius 1 is 1.03 bits per heavy atom. The molecule has 194 valence electrons. The van der Waals surface area contributed by atoms with E-state index in [-0.39, 0.29) is 40.7 Å². The second kappa shape index (κ2) is 11.0. The summed E-state index contributed by atoms with van der Waals surface area (Å²) in [6, 6.07) is 12.2. The first-order valence-corrected chi connectivity index (χ1v) is 13.5. The summed E-state index contributed by atoms with van der Waals surface area (Å²) in [6.07, 6.45) is 1.45. The first-order valence-electron chi connectivity index (χ1n) is 11.1. The Morgan fingerprint density at radius 3 is 2.51 bits per heavy atom. The largest absolute Gasteiger partial charge is 0.497 e. The molecule has 2 aromatic carbocycles. The highest BCUT2D eigenvalue weighted by molar-refractivity contribution is 8.16. The molecule has 0 spiro atoms. The fraction of sp³-hybridized carbons (Fsp3) is 0.250. The molecule has 0 saturated heterocycles. The van der Waals surface area contributed by atoms with Gasteiger partial charge >= 0.3 is 0 Å². The number of carbonyl (C=O) groups excluding carboxylic acids is 1. The van der Waals surface area contributed by atoms with Gasteiger partial charge in [0.2, 0.25) is 20.2 Å². The fourth-order valence-electron chi connectivity index (χ4n) is 3.39. The quantitative estimate of drug-likeness (QED) is 0.286. The minimum atomic E-state index is -3.72. The molecule has 4 rings (SSSR count). The molecular weight excluding hydrogens is 520 g/mol. The summed E-state index contributed by atoms with van der Waals surface area (Å²) in [7, 11) is -0.657. The van der Waals surface area contributed by atoms with Crippen LogP contribution in [0.1, 0.15) is 12.5 Å². The molecule has 37 heavy (non-hydrogen) atoms. The Hall–Kier alpha value is -3.84. The van der Waals surface area contributed by atoms with E-state index in [0.29, 0.717) is 28.6 Å². The molecule has 1 amide bonds. The van der Waals surface area contributed by atoms with Crippen LogP contribution < -0.4 is 18.9 Å². The summed E-state index contributed by atoms with van der Waals surface area (Å²) in [4.78, 5) is 17.6. The molecule has 0 bridgehead atoms. The summed E-state index contributed by atoms with van der Waals surface area (Å²) in [6.45, 7) is 2.01. The monoisotopic (exact) mass is 544 g/mol. The van der Waals surface area contributed by atoms with Crippen molar-refractivity contribution in [1.82, 2.24) is 4.90 Å². The minimum Gasteiger partial charge on any atom is -0.497 e. The predicted octanol–water partition coefficient (Wildman–Crippen LogP) is 3.17. The van der Waals surface area contributed by atoms with Crippen LogP contribution in [0.15, 0.2) is 57.4 Å². The van der Waals surface area contributed by atoms with E-state index in [1.807, 2.05) is 18.2 Å². The van der Waals surface area contributed by atoms with Gasteiger partial charge in [0.1, 0.15) is 30.5 Å². The van der Waals surface area contributed by atoms with Crippen LogP contribution in [0.3, 0.4) is 0 Å². The molecule has 1 N–H and O–H groups in total. The molecule has 2 aromatic rings. The van der Waals surface area contributed by atoms with Gasteiger partial charge in [-0.05, 0) is 35.9 Å². The van der Waals surface area contributed by atoms with E-state index in [4.69, 9.17) is 24.4 Å². The van der Waals surface area contributed by atoms with Crippen LogP contribution >= 0.6 is 11.9 Å². The van der Waals surface area contributed by atoms with Gasteiger partial charge in [-0.1, -0.05) is 19.1 Å². The summed E-state index contributed by atoms with van der Waals surface area (Å²) in [5.41, 5.74) is 0.458. The summed E-state index contributed by atoms with van der Waals surface area (Å²) >= 11 is 0.753. The van der Waals surface area contributed by atoms with Gasteiger partial charge in [0.25, 0.3) is 5.91 Å². The lowest BCUT2D eigenvalue weighted by atomic mass is 10.1. The molecule has 0 fully saturated rings. The zero-order chi connectivity index (χ0) is 26.6. The molecule has 0 aromatic heterocycles. The normalized spacial score (nSPS) is 16.3. The van der Waals surface area contributed by atoms with Crippen molar-refractivity contribution in [3.63, 3.8) is 0 Å². The molecular formula is C24H24N4O7S2. The van der Waals surface area contributed by atoms with Gasteiger partial charge in [0, 0.05) is 6.07 Å². The van der Waals surface area contributed by atoms with Gasteiger partial charge < -0.3 is 18.9 Å². The smallest absolute Gasteiger partial charge is 0.283 e. The van der Waals surface area contributed by atoms with Crippen LogP contribution in [-0.2, 0) is 14.6 Å². The third-order valence-corrected chi connectivity index (χ3v) is 7.71. The number of benzene rings is 2. The third kappa shape index (κ3) is 5.62. The Kier molecular flexibility index (Phi) is 7.83. The number of fused-ring (bicyclic) bond motifs is 1. The Balaban J connectivity index is 1.47. The van der Waals surface area contributed by atoms with Crippen molar-refractivity contribution in [1.29, 1.82) is 5.41 Å². The summed E-state index contributed by atoms with van der Waals surface area (Å²) < 4.78 is 50.8. The Morgan fingerprint density at radius 2 is 1.78 bits per heavy atom. The Bertz CT molecular complexity index is 1430. The van der Waals surface area contributed by atoms with Crippen LogP contribution in [0.2, 0.25) is 0 Å². The maximum atomic E-state index is 12.6. The van der Waals surface area contributed by atoms with Crippen LogP contribution in [0.5, 0.6) is 23.0 Å². The topological polar surface area (TPSA) is 140 Å². The van der Waals surface area contributed by atoms with Crippen molar-refractivity contribution in [2.24, 2.45) is 9.39 Å². The number of carbonyl (C=O) groups is 1. The number of hydrogen-bond acceptors (Lipinski definition) is 10. The van der Waals surface area contributed by atoms with Crippen LogP contribution in [-0.4, -0.2) is 68.6 Å². The highest BCUT2D eigenvalue weighted by Crippen LogP contribution is 2.32. The zero-order valence-electron chi connectivity index (χ0n) is 20.3. The van der Waals surface area contributed by atoms with Gasteiger partial charge in [0.05, 0.1) is 37.5 Å². The molecule has 0 saturated carbocycles. The van der Waals surface area contributed by atoms with E-state index in [0.717, 1.165) is 16.8 Å². The third-order valence-electron chi connectivity index (χ3n) is 5.30. The molecule has 0 aliphatic carbocycles. The van der Waals surface area contributed by atoms with E-state index >= 15 is 0 Å². The number of nitrogens with one attached hydrogen (secondary N) is 1. The summed E-state index contributed by atoms with van der Waals surface area (Å²) in [5.74, 6) is 1.03. The van der Waals surface area contributed by atoms with E-state index in [1.54, 1.807) is 31.4 Å². The van der Waals surface area contributed by atoms with Crippen molar-refractivity contribution in [3.05, 3.63) is 53.6 Å². The molecule has 0 radical (unpaired) electrons. The average molecular weight is 545 g/mol. The molecule has 2 aliphatic rings. The number of nitrogens with zero attached hydrogens (tertiary/aromatic N) is 3. The van der Waals surface area contributed by atoms with Crippen LogP contribution in [0, 0.1) is 5.41 Å². The van der Waals surface area contributed by atoms with E-state index in [9.17, 15) is 13.2 Å².